The maximum Gasteiger partial charge on any atom is 0.123 e. The lowest BCUT2D eigenvalue weighted by molar-refractivity contribution is -0.111. The molecule has 0 saturated carbocycles. The highest BCUT2D eigenvalue weighted by Gasteiger charge is 2.05. The van der Waals surface area contributed by atoms with Gasteiger partial charge in [0.15, 0.2) is 0 Å². The van der Waals surface area contributed by atoms with E-state index in [0.717, 1.165) is 12.8 Å². The number of unbranched alkanes of at least 4 members (excludes halogenated alkanes) is 10. The van der Waals surface area contributed by atoms with Crippen molar-refractivity contribution >= 4 is 6.29 Å². The molecule has 0 heterocycles. The van der Waals surface area contributed by atoms with Gasteiger partial charge in [-0.3, -0.25) is 0 Å². The van der Waals surface area contributed by atoms with Gasteiger partial charge in [-0.1, -0.05) is 90.9 Å². The van der Waals surface area contributed by atoms with E-state index in [1.54, 1.807) is 0 Å². The Balaban J connectivity index is 3.18. The second kappa shape index (κ2) is 15.7. The minimum atomic E-state index is 0.342. The number of carbonyl (C=O) groups excluding carboxylic acids is 1. The monoisotopic (exact) mass is 268 g/mol. The molecule has 0 spiro atoms. The maximum atomic E-state index is 10.9. The van der Waals surface area contributed by atoms with Crippen LogP contribution in [-0.2, 0) is 4.79 Å². The van der Waals surface area contributed by atoms with Gasteiger partial charge in [0.2, 0.25) is 0 Å². The summed E-state index contributed by atoms with van der Waals surface area (Å²) in [5, 5.41) is 0. The summed E-state index contributed by atoms with van der Waals surface area (Å²) in [6.07, 6.45) is 19.6. The molecule has 0 N–H and O–H groups in total. The molecule has 19 heavy (non-hydrogen) atoms. The summed E-state index contributed by atoms with van der Waals surface area (Å²) in [5.41, 5.74) is 0. The second-order valence-electron chi connectivity index (χ2n) is 6.01. The lowest BCUT2D eigenvalue weighted by Crippen LogP contribution is -2.01. The van der Waals surface area contributed by atoms with Crippen molar-refractivity contribution in [1.82, 2.24) is 0 Å². The van der Waals surface area contributed by atoms with Gasteiger partial charge in [-0.15, -0.1) is 0 Å². The van der Waals surface area contributed by atoms with Crippen molar-refractivity contribution in [2.45, 2.75) is 104 Å². The molecule has 0 amide bonds. The molecule has 1 atom stereocenters. The molecule has 0 saturated heterocycles. The first kappa shape index (κ1) is 18.7. The summed E-state index contributed by atoms with van der Waals surface area (Å²) < 4.78 is 0. The van der Waals surface area contributed by atoms with E-state index in [-0.39, 0.29) is 0 Å². The summed E-state index contributed by atoms with van der Waals surface area (Å²) in [5.74, 6) is 0.342. The summed E-state index contributed by atoms with van der Waals surface area (Å²) in [7, 11) is 0. The van der Waals surface area contributed by atoms with Crippen LogP contribution >= 0.6 is 0 Å². The van der Waals surface area contributed by atoms with Gasteiger partial charge in [-0.25, -0.2) is 0 Å². The summed E-state index contributed by atoms with van der Waals surface area (Å²) in [6, 6.07) is 0. The fourth-order valence-electron chi connectivity index (χ4n) is 2.64. The SMILES string of the molecule is CCCCCCCCCCCCC(C=O)CCCC. The van der Waals surface area contributed by atoms with Gasteiger partial charge < -0.3 is 4.79 Å². The fourth-order valence-corrected chi connectivity index (χ4v) is 2.64. The molecule has 114 valence electrons. The maximum absolute atomic E-state index is 10.9. The molecule has 0 aliphatic rings. The molecule has 0 aromatic rings. The van der Waals surface area contributed by atoms with Crippen molar-refractivity contribution in [3.05, 3.63) is 0 Å². The Kier molecular flexibility index (Phi) is 15.5. The summed E-state index contributed by atoms with van der Waals surface area (Å²) >= 11 is 0. The Morgan fingerprint density at radius 1 is 0.632 bits per heavy atom. The number of carbonyl (C=O) groups is 1. The highest BCUT2D eigenvalue weighted by Crippen LogP contribution is 2.16. The molecular formula is C18H36O. The largest absolute Gasteiger partial charge is 0.303 e. The molecule has 0 rings (SSSR count). The summed E-state index contributed by atoms with van der Waals surface area (Å²) in [4.78, 5) is 10.9. The van der Waals surface area contributed by atoms with Gasteiger partial charge in [0, 0.05) is 5.92 Å². The van der Waals surface area contributed by atoms with Gasteiger partial charge in [0.1, 0.15) is 6.29 Å². The normalized spacial score (nSPS) is 12.5. The van der Waals surface area contributed by atoms with E-state index >= 15 is 0 Å². The molecule has 0 aliphatic heterocycles. The molecule has 0 aromatic heterocycles. The Hall–Kier alpha value is -0.330. The minimum Gasteiger partial charge on any atom is -0.303 e. The third kappa shape index (κ3) is 13.9. The topological polar surface area (TPSA) is 17.1 Å². The average molecular weight is 268 g/mol. The zero-order chi connectivity index (χ0) is 14.2. The molecular weight excluding hydrogens is 232 g/mol. The molecule has 1 unspecified atom stereocenters. The van der Waals surface area contributed by atoms with Crippen LogP contribution in [0.5, 0.6) is 0 Å². The van der Waals surface area contributed by atoms with Crippen LogP contribution in [0.4, 0.5) is 0 Å². The van der Waals surface area contributed by atoms with Crippen molar-refractivity contribution in [3.8, 4) is 0 Å². The zero-order valence-electron chi connectivity index (χ0n) is 13.5. The molecule has 0 aromatic carbocycles. The van der Waals surface area contributed by atoms with Gasteiger partial charge in [0.05, 0.1) is 0 Å². The standard InChI is InChI=1S/C18H36O/c1-3-5-7-8-9-10-11-12-13-14-16-18(17-19)15-6-4-2/h17-18H,3-16H2,1-2H3. The number of rotatable bonds is 15. The molecule has 0 radical (unpaired) electrons. The first-order valence-electron chi connectivity index (χ1n) is 8.80. The van der Waals surface area contributed by atoms with E-state index in [1.807, 2.05) is 0 Å². The molecule has 0 aliphatic carbocycles. The molecule has 0 bridgehead atoms. The van der Waals surface area contributed by atoms with Gasteiger partial charge in [-0.05, 0) is 12.8 Å². The number of aldehydes is 1. The summed E-state index contributed by atoms with van der Waals surface area (Å²) in [6.45, 7) is 4.47. The zero-order valence-corrected chi connectivity index (χ0v) is 13.5. The van der Waals surface area contributed by atoms with Crippen molar-refractivity contribution in [3.63, 3.8) is 0 Å². The predicted octanol–water partition coefficient (Wildman–Crippen LogP) is 6.30. The van der Waals surface area contributed by atoms with Crippen molar-refractivity contribution in [1.29, 1.82) is 0 Å². The van der Waals surface area contributed by atoms with E-state index in [4.69, 9.17) is 0 Å². The Bertz CT molecular complexity index is 177. The van der Waals surface area contributed by atoms with E-state index in [1.165, 1.54) is 83.3 Å². The molecule has 1 heteroatoms. The first-order valence-corrected chi connectivity index (χ1v) is 8.80. The Labute approximate surface area is 121 Å². The van der Waals surface area contributed by atoms with Crippen LogP contribution in [0.2, 0.25) is 0 Å². The number of hydrogen-bond acceptors (Lipinski definition) is 1. The van der Waals surface area contributed by atoms with Crippen LogP contribution in [-0.4, -0.2) is 6.29 Å². The van der Waals surface area contributed by atoms with Crippen LogP contribution in [0.1, 0.15) is 104 Å². The Morgan fingerprint density at radius 2 is 1.05 bits per heavy atom. The smallest absolute Gasteiger partial charge is 0.123 e. The predicted molar refractivity (Wildman–Crippen MR) is 85.5 cm³/mol. The Morgan fingerprint density at radius 3 is 1.53 bits per heavy atom. The van der Waals surface area contributed by atoms with Gasteiger partial charge in [-0.2, -0.15) is 0 Å². The van der Waals surface area contributed by atoms with Crippen LogP contribution in [0.25, 0.3) is 0 Å². The quantitative estimate of drug-likeness (QED) is 0.251. The average Bonchev–Trinajstić information content (AvgIpc) is 2.44. The third-order valence-corrected chi connectivity index (χ3v) is 4.05. The highest BCUT2D eigenvalue weighted by atomic mass is 16.1. The number of hydrogen-bond donors (Lipinski definition) is 0. The lowest BCUT2D eigenvalue weighted by atomic mass is 9.96. The van der Waals surface area contributed by atoms with Crippen LogP contribution in [0.3, 0.4) is 0 Å². The lowest BCUT2D eigenvalue weighted by Gasteiger charge is -2.09. The van der Waals surface area contributed by atoms with Crippen molar-refractivity contribution in [2.75, 3.05) is 0 Å². The van der Waals surface area contributed by atoms with Crippen LogP contribution < -0.4 is 0 Å². The second-order valence-corrected chi connectivity index (χ2v) is 6.01. The van der Waals surface area contributed by atoms with E-state index in [2.05, 4.69) is 13.8 Å². The van der Waals surface area contributed by atoms with E-state index in [9.17, 15) is 4.79 Å². The van der Waals surface area contributed by atoms with Gasteiger partial charge >= 0.3 is 0 Å². The van der Waals surface area contributed by atoms with Crippen molar-refractivity contribution in [2.24, 2.45) is 5.92 Å². The van der Waals surface area contributed by atoms with Crippen LogP contribution in [0.15, 0.2) is 0 Å². The highest BCUT2D eigenvalue weighted by molar-refractivity contribution is 5.53. The minimum absolute atomic E-state index is 0.342. The van der Waals surface area contributed by atoms with Gasteiger partial charge in [0.25, 0.3) is 0 Å². The first-order chi connectivity index (χ1) is 9.35. The van der Waals surface area contributed by atoms with E-state index < -0.39 is 0 Å². The van der Waals surface area contributed by atoms with E-state index in [0.29, 0.717) is 5.92 Å². The third-order valence-electron chi connectivity index (χ3n) is 4.05. The fraction of sp³-hybridized carbons (Fsp3) is 0.944. The van der Waals surface area contributed by atoms with Crippen LogP contribution in [0, 0.1) is 5.92 Å². The van der Waals surface area contributed by atoms with Crippen molar-refractivity contribution < 1.29 is 4.79 Å². The molecule has 0 fully saturated rings. The molecule has 1 nitrogen and oxygen atoms in total.